The molecule has 0 unspecified atom stereocenters. The molecule has 5 nitrogen and oxygen atoms in total. The molecule has 5 heteroatoms. The minimum absolute atomic E-state index is 0.0104. The normalized spacial score (nSPS) is 14.4. The van der Waals surface area contributed by atoms with Gasteiger partial charge in [-0.2, -0.15) is 0 Å². The van der Waals surface area contributed by atoms with E-state index in [4.69, 9.17) is 0 Å². The van der Waals surface area contributed by atoms with Crippen molar-refractivity contribution in [1.82, 2.24) is 9.88 Å². The van der Waals surface area contributed by atoms with E-state index in [9.17, 15) is 9.90 Å². The predicted molar refractivity (Wildman–Crippen MR) is 81.5 cm³/mol. The van der Waals surface area contributed by atoms with E-state index >= 15 is 0 Å². The molecule has 2 heterocycles. The molecule has 3 rings (SSSR count). The first kappa shape index (κ1) is 14.5. The zero-order valence-electron chi connectivity index (χ0n) is 12.5. The number of methoxy groups -OCH3 is 1. The molecule has 1 aliphatic heterocycles. The van der Waals surface area contributed by atoms with Crippen molar-refractivity contribution in [2.75, 3.05) is 13.7 Å². The summed E-state index contributed by atoms with van der Waals surface area (Å²) in [6.45, 7) is 2.34. The van der Waals surface area contributed by atoms with Gasteiger partial charge >= 0.3 is 5.97 Å². The summed E-state index contributed by atoms with van der Waals surface area (Å²) in [5.74, 6) is -0.546. The summed E-state index contributed by atoms with van der Waals surface area (Å²) in [5.41, 5.74) is 2.97. The number of rotatable bonds is 3. The van der Waals surface area contributed by atoms with Crippen LogP contribution in [0.1, 0.15) is 27.2 Å². The Bertz CT molecular complexity index is 686. The molecule has 22 heavy (non-hydrogen) atoms. The van der Waals surface area contributed by atoms with Crippen LogP contribution in [0.2, 0.25) is 0 Å². The molecule has 0 bridgehead atoms. The number of carbonyl (C=O) groups excluding carboxylic acids is 1. The van der Waals surface area contributed by atoms with Gasteiger partial charge in [0.05, 0.1) is 12.8 Å². The van der Waals surface area contributed by atoms with Crippen LogP contribution < -0.4 is 0 Å². The van der Waals surface area contributed by atoms with Crippen molar-refractivity contribution in [1.29, 1.82) is 0 Å². The van der Waals surface area contributed by atoms with E-state index in [-0.39, 0.29) is 11.3 Å². The maximum atomic E-state index is 11.6. The maximum absolute atomic E-state index is 11.6. The van der Waals surface area contributed by atoms with Gasteiger partial charge in [0.15, 0.2) is 0 Å². The molecule has 0 amide bonds. The van der Waals surface area contributed by atoms with Crippen molar-refractivity contribution in [2.45, 2.75) is 19.5 Å². The number of esters is 1. The van der Waals surface area contributed by atoms with Gasteiger partial charge in [0.25, 0.3) is 0 Å². The Morgan fingerprint density at radius 2 is 2.14 bits per heavy atom. The molecule has 1 aliphatic rings. The van der Waals surface area contributed by atoms with Gasteiger partial charge in [-0.3, -0.25) is 9.88 Å². The number of hydrogen-bond acceptors (Lipinski definition) is 5. The summed E-state index contributed by atoms with van der Waals surface area (Å²) < 4.78 is 4.66. The van der Waals surface area contributed by atoms with E-state index in [0.717, 1.165) is 24.3 Å². The number of fused-ring (bicyclic) bond motifs is 1. The molecular weight excluding hydrogens is 280 g/mol. The number of hydrogen-bond donors (Lipinski definition) is 1. The summed E-state index contributed by atoms with van der Waals surface area (Å²) in [7, 11) is 1.29. The molecule has 0 atom stereocenters. The van der Waals surface area contributed by atoms with E-state index < -0.39 is 5.97 Å². The molecule has 1 N–H and O–H groups in total. The summed E-state index contributed by atoms with van der Waals surface area (Å²) in [4.78, 5) is 18.2. The van der Waals surface area contributed by atoms with Crippen LogP contribution in [0.4, 0.5) is 0 Å². The molecule has 1 aromatic heterocycles. The Balaban J connectivity index is 1.79. The first-order valence-electron chi connectivity index (χ1n) is 7.23. The molecule has 0 fully saturated rings. The Kier molecular flexibility index (Phi) is 4.06. The fourth-order valence-electron chi connectivity index (χ4n) is 2.78. The van der Waals surface area contributed by atoms with Gasteiger partial charge in [-0.1, -0.05) is 30.3 Å². The second-order valence-electron chi connectivity index (χ2n) is 5.38. The lowest BCUT2D eigenvalue weighted by Gasteiger charge is -2.28. The van der Waals surface area contributed by atoms with Crippen LogP contribution in [0.25, 0.3) is 0 Å². The number of nitrogens with zero attached hydrogens (tertiary/aromatic N) is 2. The summed E-state index contributed by atoms with van der Waals surface area (Å²) >= 11 is 0. The Labute approximate surface area is 129 Å². The topological polar surface area (TPSA) is 62.7 Å². The van der Waals surface area contributed by atoms with Gasteiger partial charge in [0.1, 0.15) is 11.3 Å². The van der Waals surface area contributed by atoms with Gasteiger partial charge in [-0.25, -0.2) is 4.79 Å². The zero-order chi connectivity index (χ0) is 15.5. The van der Waals surface area contributed by atoms with Crippen LogP contribution in [0, 0.1) is 0 Å². The minimum atomic E-state index is -0.556. The van der Waals surface area contributed by atoms with Crippen molar-refractivity contribution in [3.05, 3.63) is 58.9 Å². The molecular formula is C17H18N2O3. The monoisotopic (exact) mass is 298 g/mol. The molecule has 114 valence electrons. The highest BCUT2D eigenvalue weighted by atomic mass is 16.5. The highest BCUT2D eigenvalue weighted by molar-refractivity contribution is 5.92. The van der Waals surface area contributed by atoms with Crippen LogP contribution in [-0.4, -0.2) is 34.6 Å². The third-order valence-corrected chi connectivity index (χ3v) is 3.94. The molecule has 2 aromatic rings. The second-order valence-corrected chi connectivity index (χ2v) is 5.38. The molecule has 0 saturated carbocycles. The van der Waals surface area contributed by atoms with Gasteiger partial charge in [0, 0.05) is 31.4 Å². The maximum Gasteiger partial charge on any atom is 0.343 e. The number of benzene rings is 1. The number of aromatic hydroxyl groups is 1. The lowest BCUT2D eigenvalue weighted by Crippen LogP contribution is -2.31. The number of pyridine rings is 1. The van der Waals surface area contributed by atoms with E-state index in [1.165, 1.54) is 18.9 Å². The highest BCUT2D eigenvalue weighted by Crippen LogP contribution is 2.29. The standard InChI is InChI=1S/C17H18N2O3/c1-22-17(21)14-9-18-15-11-19(8-7-13(15)16(14)20)10-12-5-3-2-4-6-12/h2-6,9H,7-8,10-11H2,1H3,(H,18,20). The Morgan fingerprint density at radius 1 is 1.36 bits per heavy atom. The van der Waals surface area contributed by atoms with E-state index in [1.54, 1.807) is 0 Å². The third-order valence-electron chi connectivity index (χ3n) is 3.94. The Hall–Kier alpha value is -2.40. The summed E-state index contributed by atoms with van der Waals surface area (Å²) in [6.07, 6.45) is 2.07. The third kappa shape index (κ3) is 2.80. The number of carbonyl (C=O) groups is 1. The zero-order valence-corrected chi connectivity index (χ0v) is 12.5. The van der Waals surface area contributed by atoms with Gasteiger partial charge in [-0.15, -0.1) is 0 Å². The summed E-state index contributed by atoms with van der Waals surface area (Å²) in [5, 5.41) is 10.3. The van der Waals surface area contributed by atoms with Crippen molar-refractivity contribution in [3.63, 3.8) is 0 Å². The van der Waals surface area contributed by atoms with Crippen LogP contribution in [-0.2, 0) is 24.2 Å². The molecule has 0 radical (unpaired) electrons. The van der Waals surface area contributed by atoms with Crippen LogP contribution >= 0.6 is 0 Å². The largest absolute Gasteiger partial charge is 0.507 e. The molecule has 1 aromatic carbocycles. The van der Waals surface area contributed by atoms with Crippen LogP contribution in [0.5, 0.6) is 5.75 Å². The smallest absolute Gasteiger partial charge is 0.343 e. The predicted octanol–water partition coefficient (Wildman–Crippen LogP) is 2.13. The average molecular weight is 298 g/mol. The van der Waals surface area contributed by atoms with E-state index in [1.807, 2.05) is 18.2 Å². The first-order chi connectivity index (χ1) is 10.7. The van der Waals surface area contributed by atoms with Gasteiger partial charge in [0.2, 0.25) is 0 Å². The lowest BCUT2D eigenvalue weighted by molar-refractivity contribution is 0.0596. The van der Waals surface area contributed by atoms with E-state index in [2.05, 4.69) is 26.8 Å². The molecule has 0 spiro atoms. The van der Waals surface area contributed by atoms with E-state index in [0.29, 0.717) is 13.0 Å². The molecule has 0 saturated heterocycles. The minimum Gasteiger partial charge on any atom is -0.507 e. The van der Waals surface area contributed by atoms with Crippen molar-refractivity contribution in [2.24, 2.45) is 0 Å². The molecule has 0 aliphatic carbocycles. The van der Waals surface area contributed by atoms with Crippen LogP contribution in [0.3, 0.4) is 0 Å². The fourth-order valence-corrected chi connectivity index (χ4v) is 2.78. The quantitative estimate of drug-likeness (QED) is 0.880. The lowest BCUT2D eigenvalue weighted by atomic mass is 10.0. The fraction of sp³-hybridized carbons (Fsp3) is 0.294. The number of aromatic nitrogens is 1. The second kappa shape index (κ2) is 6.15. The van der Waals surface area contributed by atoms with Gasteiger partial charge in [-0.05, 0) is 12.0 Å². The first-order valence-corrected chi connectivity index (χ1v) is 7.23. The highest BCUT2D eigenvalue weighted by Gasteiger charge is 2.24. The van der Waals surface area contributed by atoms with Crippen molar-refractivity contribution in [3.8, 4) is 5.75 Å². The van der Waals surface area contributed by atoms with Crippen molar-refractivity contribution >= 4 is 5.97 Å². The SMILES string of the molecule is COC(=O)c1cnc2c(c1O)CCN(Cc1ccccc1)C2. The van der Waals surface area contributed by atoms with Crippen molar-refractivity contribution < 1.29 is 14.6 Å². The summed E-state index contributed by atoms with van der Waals surface area (Å²) in [6, 6.07) is 10.3. The Morgan fingerprint density at radius 3 is 2.86 bits per heavy atom. The average Bonchev–Trinajstić information content (AvgIpc) is 2.55. The van der Waals surface area contributed by atoms with Gasteiger partial charge < -0.3 is 9.84 Å². The van der Waals surface area contributed by atoms with Crippen LogP contribution in [0.15, 0.2) is 36.5 Å². The number of ether oxygens (including phenoxy) is 1.